The van der Waals surface area contributed by atoms with Gasteiger partial charge in [-0.3, -0.25) is 4.90 Å². The number of nitrogens with two attached hydrogens (primary N) is 1. The van der Waals surface area contributed by atoms with Crippen LogP contribution in [0, 0.1) is 5.92 Å². The van der Waals surface area contributed by atoms with Crippen molar-refractivity contribution in [1.29, 1.82) is 0 Å². The number of aromatic nitrogens is 1. The lowest BCUT2D eigenvalue weighted by Gasteiger charge is -2.34. The molecular formula is C11H19N3S. The van der Waals surface area contributed by atoms with Gasteiger partial charge in [-0.25, -0.2) is 4.98 Å². The minimum atomic E-state index is 0.322. The third-order valence-electron chi connectivity index (χ3n) is 3.15. The van der Waals surface area contributed by atoms with Crippen molar-refractivity contribution < 1.29 is 0 Å². The SMILES string of the molecule is CC(N)C1CCCN(Cc2cscn2)C1. The van der Waals surface area contributed by atoms with Crippen molar-refractivity contribution in [2.45, 2.75) is 32.4 Å². The van der Waals surface area contributed by atoms with Gasteiger partial charge >= 0.3 is 0 Å². The molecule has 2 unspecified atom stereocenters. The largest absolute Gasteiger partial charge is 0.328 e. The van der Waals surface area contributed by atoms with Gasteiger partial charge in [-0.15, -0.1) is 11.3 Å². The van der Waals surface area contributed by atoms with Gasteiger partial charge in [0.1, 0.15) is 0 Å². The van der Waals surface area contributed by atoms with Crippen LogP contribution in [0.4, 0.5) is 0 Å². The first-order valence-corrected chi connectivity index (χ1v) is 6.55. The van der Waals surface area contributed by atoms with E-state index in [0.29, 0.717) is 12.0 Å². The molecule has 0 radical (unpaired) electrons. The lowest BCUT2D eigenvalue weighted by Crippen LogP contribution is -2.41. The molecule has 3 nitrogen and oxygen atoms in total. The molecule has 2 rings (SSSR count). The van der Waals surface area contributed by atoms with E-state index < -0.39 is 0 Å². The first-order valence-electron chi connectivity index (χ1n) is 5.60. The van der Waals surface area contributed by atoms with E-state index in [1.165, 1.54) is 25.1 Å². The summed E-state index contributed by atoms with van der Waals surface area (Å²) in [7, 11) is 0. The van der Waals surface area contributed by atoms with Crippen LogP contribution >= 0.6 is 11.3 Å². The van der Waals surface area contributed by atoms with Gasteiger partial charge in [0.25, 0.3) is 0 Å². The Morgan fingerprint density at radius 1 is 1.73 bits per heavy atom. The second-order valence-corrected chi connectivity index (χ2v) is 5.20. The molecule has 0 saturated carbocycles. The Kier molecular flexibility index (Phi) is 3.72. The molecule has 15 heavy (non-hydrogen) atoms. The highest BCUT2D eigenvalue weighted by atomic mass is 32.1. The highest BCUT2D eigenvalue weighted by Gasteiger charge is 2.22. The fourth-order valence-electron chi connectivity index (χ4n) is 2.21. The monoisotopic (exact) mass is 225 g/mol. The lowest BCUT2D eigenvalue weighted by molar-refractivity contribution is 0.153. The van der Waals surface area contributed by atoms with Gasteiger partial charge in [0.15, 0.2) is 0 Å². The zero-order chi connectivity index (χ0) is 10.7. The summed E-state index contributed by atoms with van der Waals surface area (Å²) in [5, 5.41) is 2.13. The Hall–Kier alpha value is -0.450. The van der Waals surface area contributed by atoms with Gasteiger partial charge in [0, 0.05) is 24.5 Å². The normalized spacial score (nSPS) is 25.3. The molecule has 1 fully saturated rings. The molecule has 1 saturated heterocycles. The first kappa shape index (κ1) is 11.0. The van der Waals surface area contributed by atoms with Crippen molar-refractivity contribution in [1.82, 2.24) is 9.88 Å². The van der Waals surface area contributed by atoms with E-state index in [4.69, 9.17) is 5.73 Å². The molecule has 2 N–H and O–H groups in total. The number of piperidine rings is 1. The van der Waals surface area contributed by atoms with Gasteiger partial charge in [0.2, 0.25) is 0 Å². The highest BCUT2D eigenvalue weighted by Crippen LogP contribution is 2.20. The Labute approximate surface area is 95.3 Å². The van der Waals surface area contributed by atoms with Gasteiger partial charge in [-0.05, 0) is 32.2 Å². The third-order valence-corrected chi connectivity index (χ3v) is 3.79. The molecule has 0 amide bonds. The Bertz CT molecular complexity index is 284. The summed E-state index contributed by atoms with van der Waals surface area (Å²) in [6.07, 6.45) is 2.56. The third kappa shape index (κ3) is 3.00. The molecule has 0 spiro atoms. The van der Waals surface area contributed by atoms with Crippen LogP contribution in [0.5, 0.6) is 0 Å². The lowest BCUT2D eigenvalue weighted by atomic mass is 9.92. The summed E-state index contributed by atoms with van der Waals surface area (Å²) in [5.41, 5.74) is 9.07. The Morgan fingerprint density at radius 2 is 2.60 bits per heavy atom. The number of nitrogens with zero attached hydrogens (tertiary/aromatic N) is 2. The van der Waals surface area contributed by atoms with E-state index in [1.807, 2.05) is 5.51 Å². The highest BCUT2D eigenvalue weighted by molar-refractivity contribution is 7.07. The van der Waals surface area contributed by atoms with Gasteiger partial charge < -0.3 is 5.73 Å². The molecule has 1 aromatic heterocycles. The number of likely N-dealkylation sites (tertiary alicyclic amines) is 1. The van der Waals surface area contributed by atoms with Crippen molar-refractivity contribution in [2.24, 2.45) is 11.7 Å². The van der Waals surface area contributed by atoms with E-state index in [9.17, 15) is 0 Å². The van der Waals surface area contributed by atoms with Crippen LogP contribution in [0.3, 0.4) is 0 Å². The zero-order valence-corrected chi connectivity index (χ0v) is 10.0. The average molecular weight is 225 g/mol. The maximum absolute atomic E-state index is 5.96. The molecule has 84 valence electrons. The standard InChI is InChI=1S/C11H19N3S/c1-9(12)10-3-2-4-14(5-10)6-11-7-15-8-13-11/h7-10H,2-6,12H2,1H3. The fraction of sp³-hybridized carbons (Fsp3) is 0.727. The van der Waals surface area contributed by atoms with Crippen LogP contribution < -0.4 is 5.73 Å². The quantitative estimate of drug-likeness (QED) is 0.851. The number of thiazole rings is 1. The van der Waals surface area contributed by atoms with E-state index in [2.05, 4.69) is 22.2 Å². The first-order chi connectivity index (χ1) is 7.25. The van der Waals surface area contributed by atoms with Crippen LogP contribution in [0.25, 0.3) is 0 Å². The Morgan fingerprint density at radius 3 is 3.27 bits per heavy atom. The predicted molar refractivity (Wildman–Crippen MR) is 63.8 cm³/mol. The topological polar surface area (TPSA) is 42.1 Å². The van der Waals surface area contributed by atoms with Gasteiger partial charge in [0.05, 0.1) is 11.2 Å². The number of hydrogen-bond acceptors (Lipinski definition) is 4. The summed E-state index contributed by atoms with van der Waals surface area (Å²) in [6.45, 7) is 5.44. The summed E-state index contributed by atoms with van der Waals surface area (Å²) in [6, 6.07) is 0.322. The predicted octanol–water partition coefficient (Wildman–Crippen LogP) is 1.70. The van der Waals surface area contributed by atoms with E-state index >= 15 is 0 Å². The number of rotatable bonds is 3. The zero-order valence-electron chi connectivity index (χ0n) is 9.22. The van der Waals surface area contributed by atoms with Crippen LogP contribution in [-0.4, -0.2) is 29.0 Å². The van der Waals surface area contributed by atoms with Crippen LogP contribution in [-0.2, 0) is 6.54 Å². The second kappa shape index (κ2) is 5.05. The molecule has 0 aliphatic carbocycles. The smallest absolute Gasteiger partial charge is 0.0795 e. The van der Waals surface area contributed by atoms with Crippen molar-refractivity contribution >= 4 is 11.3 Å². The summed E-state index contributed by atoms with van der Waals surface area (Å²) < 4.78 is 0. The molecule has 0 aromatic carbocycles. The van der Waals surface area contributed by atoms with Crippen LogP contribution in [0.15, 0.2) is 10.9 Å². The van der Waals surface area contributed by atoms with Crippen LogP contribution in [0.1, 0.15) is 25.5 Å². The minimum Gasteiger partial charge on any atom is -0.328 e. The summed E-state index contributed by atoms with van der Waals surface area (Å²) >= 11 is 1.67. The van der Waals surface area contributed by atoms with E-state index in [0.717, 1.165) is 13.1 Å². The molecule has 1 aliphatic heterocycles. The van der Waals surface area contributed by atoms with Crippen molar-refractivity contribution in [2.75, 3.05) is 13.1 Å². The number of hydrogen-bond donors (Lipinski definition) is 1. The van der Waals surface area contributed by atoms with Crippen molar-refractivity contribution in [3.63, 3.8) is 0 Å². The fourth-order valence-corrected chi connectivity index (χ4v) is 2.76. The van der Waals surface area contributed by atoms with E-state index in [1.54, 1.807) is 11.3 Å². The molecule has 2 heterocycles. The van der Waals surface area contributed by atoms with Crippen molar-refractivity contribution in [3.05, 3.63) is 16.6 Å². The van der Waals surface area contributed by atoms with Gasteiger partial charge in [-0.2, -0.15) is 0 Å². The molecule has 1 aromatic rings. The average Bonchev–Trinajstić information content (AvgIpc) is 2.71. The van der Waals surface area contributed by atoms with Crippen LogP contribution in [0.2, 0.25) is 0 Å². The maximum Gasteiger partial charge on any atom is 0.0795 e. The summed E-state index contributed by atoms with van der Waals surface area (Å²) in [4.78, 5) is 6.80. The molecule has 4 heteroatoms. The van der Waals surface area contributed by atoms with Gasteiger partial charge in [-0.1, -0.05) is 0 Å². The van der Waals surface area contributed by atoms with E-state index in [-0.39, 0.29) is 0 Å². The minimum absolute atomic E-state index is 0.322. The molecule has 0 bridgehead atoms. The molecular weight excluding hydrogens is 206 g/mol. The maximum atomic E-state index is 5.96. The molecule has 2 atom stereocenters. The summed E-state index contributed by atoms with van der Waals surface area (Å²) in [5.74, 6) is 0.664. The van der Waals surface area contributed by atoms with Crippen molar-refractivity contribution in [3.8, 4) is 0 Å². The second-order valence-electron chi connectivity index (χ2n) is 4.48. The Balaban J connectivity index is 1.88. The molecule has 1 aliphatic rings.